The second kappa shape index (κ2) is 9.94. The summed E-state index contributed by atoms with van der Waals surface area (Å²) in [5.41, 5.74) is -0.672. The molecule has 5 aliphatic heterocycles. The maximum Gasteiger partial charge on any atom is 0.207 e. The average molecular weight is 605 g/mol. The highest BCUT2D eigenvalue weighted by atomic mass is 35.5. The molecule has 4 aromatic rings. The monoisotopic (exact) mass is 604 g/mol. The zero-order chi connectivity index (χ0) is 29.5. The van der Waals surface area contributed by atoms with E-state index < -0.39 is 23.3 Å². The fourth-order valence-corrected chi connectivity index (χ4v) is 7.66. The highest BCUT2D eigenvalue weighted by molar-refractivity contribution is 6.31. The van der Waals surface area contributed by atoms with Gasteiger partial charge in [-0.05, 0) is 61.7 Å². The van der Waals surface area contributed by atoms with Crippen molar-refractivity contribution in [1.82, 2.24) is 25.2 Å². The molecule has 5 fully saturated rings. The largest absolute Gasteiger partial charge is 0.508 e. The first-order valence-corrected chi connectivity index (χ1v) is 15.1. The van der Waals surface area contributed by atoms with Gasteiger partial charge in [-0.1, -0.05) is 23.6 Å². The van der Waals surface area contributed by atoms with Crippen LogP contribution in [0.5, 0.6) is 5.75 Å². The van der Waals surface area contributed by atoms with Gasteiger partial charge in [-0.3, -0.25) is 9.88 Å². The molecular formula is C32H28ClF3N6O. The predicted octanol–water partition coefficient (Wildman–Crippen LogP) is 5.35. The standard InChI is InChI=1S/C32H28ClF3N6O/c33-24-5-2-17-10-21(43)11-22(26(17)27(24)35)29-28(36)30-23(14-38-29)31(42-16-19-3-4-20(42)13-37-19)40-25(39-30)6-8-32-7-1-9-41(32)15-18(34)12-32/h2,5,10-11,14,18-20,37,43H,1,3-4,7,9,12-13,15-16H2/t18-,19+,20+,32-/m1/s1. The SMILES string of the molecule is Oc1cc(-c2ncc3c(N4C[C@@H]5CC[C@H]4CN5)nc(C#C[C@@]45CCCN4C[C@H](F)C5)nc3c2F)c2c(F)c(Cl)ccc2c1. The quantitative estimate of drug-likeness (QED) is 0.299. The van der Waals surface area contributed by atoms with Gasteiger partial charge in [-0.2, -0.15) is 0 Å². The van der Waals surface area contributed by atoms with E-state index in [1.54, 1.807) is 6.07 Å². The normalized spacial score (nSPS) is 26.7. The Hall–Kier alpha value is -3.65. The van der Waals surface area contributed by atoms with E-state index in [2.05, 4.69) is 36.9 Å². The molecule has 0 saturated carbocycles. The van der Waals surface area contributed by atoms with Gasteiger partial charge in [0.05, 0.1) is 15.9 Å². The topological polar surface area (TPSA) is 77.4 Å². The fourth-order valence-electron chi connectivity index (χ4n) is 7.51. The molecule has 0 spiro atoms. The zero-order valence-corrected chi connectivity index (χ0v) is 23.9. The molecule has 2 aromatic carbocycles. The minimum absolute atomic E-state index is 0.00297. The van der Waals surface area contributed by atoms with Crippen molar-refractivity contribution in [3.05, 3.63) is 52.9 Å². The number of nitrogens with one attached hydrogen (secondary N) is 1. The predicted molar refractivity (Wildman–Crippen MR) is 159 cm³/mol. The number of fused-ring (bicyclic) bond motifs is 6. The highest BCUT2D eigenvalue weighted by Gasteiger charge is 2.47. The van der Waals surface area contributed by atoms with Crippen LogP contribution >= 0.6 is 11.6 Å². The van der Waals surface area contributed by atoms with Crippen molar-refractivity contribution < 1.29 is 18.3 Å². The first-order chi connectivity index (χ1) is 20.8. The molecular weight excluding hydrogens is 577 g/mol. The molecule has 43 heavy (non-hydrogen) atoms. The number of phenols is 1. The molecule has 0 unspecified atom stereocenters. The van der Waals surface area contributed by atoms with Crippen molar-refractivity contribution >= 4 is 39.1 Å². The van der Waals surface area contributed by atoms with Gasteiger partial charge in [-0.15, -0.1) is 0 Å². The number of anilines is 1. The van der Waals surface area contributed by atoms with Crippen LogP contribution < -0.4 is 10.2 Å². The van der Waals surface area contributed by atoms with E-state index in [0.717, 1.165) is 38.8 Å². The number of alkyl halides is 1. The third kappa shape index (κ3) is 4.32. The molecule has 7 nitrogen and oxygen atoms in total. The van der Waals surface area contributed by atoms with Crippen LogP contribution in [0, 0.1) is 23.5 Å². The van der Waals surface area contributed by atoms with Crippen LogP contribution in [0.1, 0.15) is 37.9 Å². The molecule has 5 saturated heterocycles. The molecule has 7 heterocycles. The third-order valence-electron chi connectivity index (χ3n) is 9.54. The van der Waals surface area contributed by atoms with Crippen LogP contribution in [0.2, 0.25) is 5.02 Å². The van der Waals surface area contributed by atoms with Crippen molar-refractivity contribution in [2.75, 3.05) is 31.1 Å². The Labute approximate surface area is 251 Å². The van der Waals surface area contributed by atoms with Gasteiger partial charge >= 0.3 is 0 Å². The Kier molecular flexibility index (Phi) is 6.23. The van der Waals surface area contributed by atoms with Gasteiger partial charge in [0, 0.05) is 55.3 Å². The van der Waals surface area contributed by atoms with Crippen molar-refractivity contribution in [2.45, 2.75) is 55.9 Å². The summed E-state index contributed by atoms with van der Waals surface area (Å²) in [4.78, 5) is 18.1. The molecule has 2 aromatic heterocycles. The summed E-state index contributed by atoms with van der Waals surface area (Å²) in [6.07, 6.45) is 4.65. The van der Waals surface area contributed by atoms with Crippen LogP contribution in [0.3, 0.4) is 0 Å². The Bertz CT molecular complexity index is 1870. The van der Waals surface area contributed by atoms with E-state index in [-0.39, 0.29) is 44.8 Å². The third-order valence-corrected chi connectivity index (χ3v) is 9.83. The molecule has 9 rings (SSSR count). The number of aromatic hydroxyl groups is 1. The number of hydrogen-bond acceptors (Lipinski definition) is 7. The number of hydrogen-bond donors (Lipinski definition) is 2. The van der Waals surface area contributed by atoms with E-state index in [4.69, 9.17) is 16.6 Å². The highest BCUT2D eigenvalue weighted by Crippen LogP contribution is 2.41. The molecule has 0 aliphatic carbocycles. The maximum absolute atomic E-state index is 16.6. The van der Waals surface area contributed by atoms with E-state index in [1.807, 2.05) is 0 Å². The molecule has 2 N–H and O–H groups in total. The van der Waals surface area contributed by atoms with Crippen LogP contribution in [-0.4, -0.2) is 74.9 Å². The number of phenolic OH excluding ortho intramolecular Hbond substituents is 1. The van der Waals surface area contributed by atoms with Crippen LogP contribution in [-0.2, 0) is 0 Å². The number of benzene rings is 2. The van der Waals surface area contributed by atoms with E-state index in [0.29, 0.717) is 42.1 Å². The summed E-state index contributed by atoms with van der Waals surface area (Å²) in [5, 5.41) is 14.7. The number of piperidine rings is 2. The summed E-state index contributed by atoms with van der Waals surface area (Å²) in [7, 11) is 0. The minimum Gasteiger partial charge on any atom is -0.508 e. The molecule has 0 amide bonds. The maximum atomic E-state index is 16.6. The molecule has 4 atom stereocenters. The second-order valence-corrected chi connectivity index (χ2v) is 12.5. The molecule has 2 bridgehead atoms. The smallest absolute Gasteiger partial charge is 0.207 e. The summed E-state index contributed by atoms with van der Waals surface area (Å²) in [6.45, 7) is 2.65. The fraction of sp³-hybridized carbons (Fsp3) is 0.406. The first kappa shape index (κ1) is 26.9. The Morgan fingerprint density at radius 2 is 2.00 bits per heavy atom. The lowest BCUT2D eigenvalue weighted by atomic mass is 9.92. The lowest BCUT2D eigenvalue weighted by Gasteiger charge is -2.46. The van der Waals surface area contributed by atoms with Crippen molar-refractivity contribution in [1.29, 1.82) is 0 Å². The lowest BCUT2D eigenvalue weighted by Crippen LogP contribution is -2.61. The van der Waals surface area contributed by atoms with E-state index in [9.17, 15) is 9.50 Å². The number of nitrogens with zero attached hydrogens (tertiary/aromatic N) is 5. The van der Waals surface area contributed by atoms with Crippen LogP contribution in [0.4, 0.5) is 19.0 Å². The number of piperazine rings is 1. The zero-order valence-electron chi connectivity index (χ0n) is 23.2. The minimum atomic E-state index is -0.934. The van der Waals surface area contributed by atoms with Gasteiger partial charge in [0.25, 0.3) is 0 Å². The Morgan fingerprint density at radius 3 is 2.79 bits per heavy atom. The average Bonchev–Trinajstić information content (AvgIpc) is 3.54. The van der Waals surface area contributed by atoms with Gasteiger partial charge in [0.2, 0.25) is 5.82 Å². The first-order valence-electron chi connectivity index (χ1n) is 14.7. The second-order valence-electron chi connectivity index (χ2n) is 12.1. The van der Waals surface area contributed by atoms with Crippen molar-refractivity contribution in [3.63, 3.8) is 0 Å². The summed E-state index contributed by atoms with van der Waals surface area (Å²) < 4.78 is 46.4. The molecule has 220 valence electrons. The van der Waals surface area contributed by atoms with E-state index >= 15 is 8.78 Å². The van der Waals surface area contributed by atoms with Gasteiger partial charge in [0.15, 0.2) is 5.82 Å². The number of rotatable bonds is 2. The van der Waals surface area contributed by atoms with Crippen LogP contribution in [0.15, 0.2) is 30.5 Å². The van der Waals surface area contributed by atoms with Gasteiger partial charge in [-0.25, -0.2) is 23.1 Å². The Morgan fingerprint density at radius 1 is 1.12 bits per heavy atom. The van der Waals surface area contributed by atoms with Gasteiger partial charge < -0.3 is 15.3 Å². The number of pyridine rings is 1. The summed E-state index contributed by atoms with van der Waals surface area (Å²) >= 11 is 6.09. The van der Waals surface area contributed by atoms with E-state index in [1.165, 1.54) is 24.4 Å². The molecule has 0 radical (unpaired) electrons. The number of halogens is 4. The van der Waals surface area contributed by atoms with Crippen molar-refractivity contribution in [3.8, 4) is 28.8 Å². The molecule has 11 heteroatoms. The molecule has 5 aliphatic rings. The summed E-state index contributed by atoms with van der Waals surface area (Å²) in [5.74, 6) is 5.41. The van der Waals surface area contributed by atoms with Crippen molar-refractivity contribution in [2.24, 2.45) is 0 Å². The number of aromatic nitrogens is 3. The Balaban J connectivity index is 1.33. The van der Waals surface area contributed by atoms with Gasteiger partial charge in [0.1, 0.15) is 34.8 Å². The summed E-state index contributed by atoms with van der Waals surface area (Å²) in [6, 6.07) is 6.08. The lowest BCUT2D eigenvalue weighted by molar-refractivity contribution is 0.255. The van der Waals surface area contributed by atoms with Crippen LogP contribution in [0.25, 0.3) is 32.9 Å².